The number of carboxylic acids is 1. The zero-order valence-electron chi connectivity index (χ0n) is 10.4. The predicted octanol–water partition coefficient (Wildman–Crippen LogP) is 2.93. The molecule has 100 valence electrons. The zero-order chi connectivity index (χ0) is 14.2. The Morgan fingerprint density at radius 3 is 2.63 bits per heavy atom. The molecule has 0 saturated heterocycles. The van der Waals surface area contributed by atoms with Gasteiger partial charge in [0.25, 0.3) is 5.56 Å². The molecule has 0 amide bonds. The van der Waals surface area contributed by atoms with Crippen LogP contribution in [-0.4, -0.2) is 15.6 Å². The molecule has 0 aliphatic rings. The van der Waals surface area contributed by atoms with Crippen molar-refractivity contribution in [3.8, 4) is 0 Å². The van der Waals surface area contributed by atoms with E-state index in [2.05, 4.69) is 0 Å². The maximum absolute atomic E-state index is 12.2. The van der Waals surface area contributed by atoms with E-state index in [0.29, 0.717) is 16.4 Å². The summed E-state index contributed by atoms with van der Waals surface area (Å²) in [6, 6.07) is 5.30. The molecule has 0 atom stereocenters. The Hall–Kier alpha value is -1.59. The van der Waals surface area contributed by atoms with Crippen molar-refractivity contribution in [1.29, 1.82) is 0 Å². The van der Waals surface area contributed by atoms with Crippen LogP contribution in [0.5, 0.6) is 0 Å². The van der Waals surface area contributed by atoms with Gasteiger partial charge in [0, 0.05) is 10.6 Å². The molecule has 19 heavy (non-hydrogen) atoms. The summed E-state index contributed by atoms with van der Waals surface area (Å²) in [7, 11) is 0. The lowest BCUT2D eigenvalue weighted by molar-refractivity contribution is 0.0693. The van der Waals surface area contributed by atoms with Crippen LogP contribution in [0.15, 0.2) is 23.0 Å². The zero-order valence-corrected chi connectivity index (χ0v) is 12.0. The van der Waals surface area contributed by atoms with Crippen LogP contribution in [0.25, 0.3) is 0 Å². The number of aromatic carboxylic acids is 1. The highest BCUT2D eigenvalue weighted by atomic mass is 35.5. The number of hydrogen-bond donors (Lipinski definition) is 1. The van der Waals surface area contributed by atoms with E-state index in [1.807, 2.05) is 6.07 Å². The maximum atomic E-state index is 12.2. The van der Waals surface area contributed by atoms with E-state index in [1.165, 1.54) is 15.9 Å². The molecule has 2 aromatic heterocycles. The van der Waals surface area contributed by atoms with Gasteiger partial charge in [-0.3, -0.25) is 4.79 Å². The van der Waals surface area contributed by atoms with Crippen molar-refractivity contribution in [1.82, 2.24) is 4.57 Å². The summed E-state index contributed by atoms with van der Waals surface area (Å²) in [6.45, 7) is 3.75. The summed E-state index contributed by atoms with van der Waals surface area (Å²) in [5, 5.41) is 9.10. The second kappa shape index (κ2) is 5.19. The molecule has 0 aliphatic carbocycles. The molecular weight excluding hydrogens is 286 g/mol. The fourth-order valence-corrected chi connectivity index (χ4v) is 3.05. The Kier molecular flexibility index (Phi) is 3.78. The minimum Gasteiger partial charge on any atom is -0.477 e. The quantitative estimate of drug-likeness (QED) is 0.947. The summed E-state index contributed by atoms with van der Waals surface area (Å²) in [5.41, 5.74) is 0.565. The molecule has 0 aromatic carbocycles. The van der Waals surface area contributed by atoms with Crippen LogP contribution in [-0.2, 0) is 6.54 Å². The number of nitrogens with zero attached hydrogens (tertiary/aromatic N) is 1. The maximum Gasteiger partial charge on any atom is 0.341 e. The smallest absolute Gasteiger partial charge is 0.341 e. The van der Waals surface area contributed by atoms with Crippen LogP contribution < -0.4 is 5.56 Å². The SMILES string of the molecule is Cc1cc(C)n(Cc2ccc(Cl)s2)c(=O)c1C(=O)O. The normalized spacial score (nSPS) is 10.7. The molecule has 0 unspecified atom stereocenters. The molecule has 0 aliphatic heterocycles. The number of halogens is 1. The van der Waals surface area contributed by atoms with Gasteiger partial charge < -0.3 is 9.67 Å². The second-order valence-electron chi connectivity index (χ2n) is 4.25. The molecule has 0 saturated carbocycles. The number of aromatic nitrogens is 1. The molecule has 2 rings (SSSR count). The number of carboxylic acid groups (broad SMARTS) is 1. The van der Waals surface area contributed by atoms with E-state index in [1.54, 1.807) is 26.0 Å². The average molecular weight is 298 g/mol. The van der Waals surface area contributed by atoms with Gasteiger partial charge in [-0.1, -0.05) is 11.6 Å². The summed E-state index contributed by atoms with van der Waals surface area (Å²) in [5.74, 6) is -1.19. The lowest BCUT2D eigenvalue weighted by Gasteiger charge is -2.11. The van der Waals surface area contributed by atoms with E-state index in [9.17, 15) is 9.59 Å². The van der Waals surface area contributed by atoms with Crippen LogP contribution in [0, 0.1) is 13.8 Å². The van der Waals surface area contributed by atoms with Gasteiger partial charge in [0.2, 0.25) is 0 Å². The third-order valence-corrected chi connectivity index (χ3v) is 4.08. The van der Waals surface area contributed by atoms with Crippen LogP contribution in [0.4, 0.5) is 0 Å². The largest absolute Gasteiger partial charge is 0.477 e. The van der Waals surface area contributed by atoms with Gasteiger partial charge in [-0.25, -0.2) is 4.79 Å². The van der Waals surface area contributed by atoms with Crippen LogP contribution >= 0.6 is 22.9 Å². The third-order valence-electron chi connectivity index (χ3n) is 2.86. The molecule has 4 nitrogen and oxygen atoms in total. The summed E-state index contributed by atoms with van der Waals surface area (Å²) >= 11 is 7.23. The first kappa shape index (κ1) is 13.8. The van der Waals surface area contributed by atoms with E-state index in [4.69, 9.17) is 16.7 Å². The van der Waals surface area contributed by atoms with Gasteiger partial charge in [0.1, 0.15) is 5.56 Å². The Balaban J connectivity index is 2.54. The Morgan fingerprint density at radius 1 is 1.42 bits per heavy atom. The Bertz CT molecular complexity index is 702. The van der Waals surface area contributed by atoms with Crippen LogP contribution in [0.2, 0.25) is 4.34 Å². The molecule has 1 N–H and O–H groups in total. The minimum absolute atomic E-state index is 0.173. The predicted molar refractivity (Wildman–Crippen MR) is 75.6 cm³/mol. The van der Waals surface area contributed by atoms with E-state index in [-0.39, 0.29) is 5.56 Å². The van der Waals surface area contributed by atoms with Crippen molar-refractivity contribution in [2.24, 2.45) is 0 Å². The fourth-order valence-electron chi connectivity index (χ4n) is 1.98. The highest BCUT2D eigenvalue weighted by Gasteiger charge is 2.16. The molecule has 0 fully saturated rings. The molecule has 0 spiro atoms. The minimum atomic E-state index is -1.19. The highest BCUT2D eigenvalue weighted by Crippen LogP contribution is 2.22. The van der Waals surface area contributed by atoms with Gasteiger partial charge in [-0.05, 0) is 37.6 Å². The van der Waals surface area contributed by atoms with Crippen molar-refractivity contribution < 1.29 is 9.90 Å². The molecular formula is C13H12ClNO3S. The summed E-state index contributed by atoms with van der Waals surface area (Å²) in [6.07, 6.45) is 0. The van der Waals surface area contributed by atoms with Crippen molar-refractivity contribution in [2.45, 2.75) is 20.4 Å². The highest BCUT2D eigenvalue weighted by molar-refractivity contribution is 7.16. The lowest BCUT2D eigenvalue weighted by Crippen LogP contribution is -2.29. The van der Waals surface area contributed by atoms with Gasteiger partial charge in [0.15, 0.2) is 0 Å². The molecule has 2 heterocycles. The number of aryl methyl sites for hydroxylation is 2. The Morgan fingerprint density at radius 2 is 2.11 bits per heavy atom. The van der Waals surface area contributed by atoms with Crippen molar-refractivity contribution in [2.75, 3.05) is 0 Å². The number of pyridine rings is 1. The first-order valence-electron chi connectivity index (χ1n) is 5.58. The molecule has 0 bridgehead atoms. The van der Waals surface area contributed by atoms with Crippen molar-refractivity contribution in [3.05, 3.63) is 54.6 Å². The van der Waals surface area contributed by atoms with Crippen LogP contribution in [0.1, 0.15) is 26.5 Å². The molecule has 2 aromatic rings. The number of carbonyl (C=O) groups is 1. The van der Waals surface area contributed by atoms with Gasteiger partial charge >= 0.3 is 5.97 Å². The molecule has 0 radical (unpaired) electrons. The van der Waals surface area contributed by atoms with E-state index < -0.39 is 11.5 Å². The third kappa shape index (κ3) is 2.72. The first-order chi connectivity index (χ1) is 8.90. The van der Waals surface area contributed by atoms with Crippen molar-refractivity contribution >= 4 is 28.9 Å². The summed E-state index contributed by atoms with van der Waals surface area (Å²) < 4.78 is 2.10. The second-order valence-corrected chi connectivity index (χ2v) is 6.05. The van der Waals surface area contributed by atoms with Crippen molar-refractivity contribution in [3.63, 3.8) is 0 Å². The first-order valence-corrected chi connectivity index (χ1v) is 6.78. The monoisotopic (exact) mass is 297 g/mol. The van der Waals surface area contributed by atoms with Crippen LogP contribution in [0.3, 0.4) is 0 Å². The average Bonchev–Trinajstić information content (AvgIpc) is 2.69. The topological polar surface area (TPSA) is 59.3 Å². The van der Waals surface area contributed by atoms with Gasteiger partial charge in [-0.2, -0.15) is 0 Å². The van der Waals surface area contributed by atoms with Gasteiger partial charge in [-0.15, -0.1) is 11.3 Å². The standard InChI is InChI=1S/C13H12ClNO3S/c1-7-5-8(2)15(12(16)11(7)13(17)18)6-9-3-4-10(14)19-9/h3-5H,6H2,1-2H3,(H,17,18). The number of thiophene rings is 1. The van der Waals surface area contributed by atoms with E-state index >= 15 is 0 Å². The molecule has 6 heteroatoms. The lowest BCUT2D eigenvalue weighted by atomic mass is 10.1. The summed E-state index contributed by atoms with van der Waals surface area (Å²) in [4.78, 5) is 24.3. The Labute approximate surface area is 118 Å². The number of hydrogen-bond acceptors (Lipinski definition) is 3. The number of rotatable bonds is 3. The van der Waals surface area contributed by atoms with E-state index in [0.717, 1.165) is 10.6 Å². The fraction of sp³-hybridized carbons (Fsp3) is 0.231. The van der Waals surface area contributed by atoms with Gasteiger partial charge in [0.05, 0.1) is 10.9 Å².